The van der Waals surface area contributed by atoms with Crippen molar-refractivity contribution in [2.45, 2.75) is 57.9 Å². The van der Waals surface area contributed by atoms with E-state index in [1.54, 1.807) is 0 Å². The molecule has 0 amide bonds. The molecule has 3 atom stereocenters. The Balaban J connectivity index is 1.79. The van der Waals surface area contributed by atoms with Gasteiger partial charge in [-0.15, -0.1) is 0 Å². The first kappa shape index (κ1) is 17.0. The van der Waals surface area contributed by atoms with Crippen molar-refractivity contribution in [2.75, 3.05) is 6.54 Å². The van der Waals surface area contributed by atoms with Gasteiger partial charge in [0.05, 0.1) is 30.6 Å². The molecule has 1 aliphatic rings. The van der Waals surface area contributed by atoms with Crippen LogP contribution in [-0.4, -0.2) is 49.5 Å². The summed E-state index contributed by atoms with van der Waals surface area (Å²) in [6.07, 6.45) is 2.34. The van der Waals surface area contributed by atoms with Gasteiger partial charge in [-0.3, -0.25) is 9.36 Å². The van der Waals surface area contributed by atoms with Crippen LogP contribution in [-0.2, 0) is 6.54 Å². The van der Waals surface area contributed by atoms with Crippen LogP contribution in [0.25, 0.3) is 11.0 Å². The number of nitrogens with one attached hydrogen (secondary N) is 1. The number of aryl methyl sites for hydroxylation is 2. The Morgan fingerprint density at radius 3 is 2.96 bits per heavy atom. The number of nitrogens with zero attached hydrogens (tertiary/aromatic N) is 3. The number of rotatable bonds is 4. The Kier molecular flexibility index (Phi) is 4.93. The van der Waals surface area contributed by atoms with E-state index >= 15 is 0 Å². The van der Waals surface area contributed by atoms with Crippen molar-refractivity contribution in [2.24, 2.45) is 0 Å². The molecule has 1 aliphatic heterocycles. The average Bonchev–Trinajstić information content (AvgIpc) is 2.53. The van der Waals surface area contributed by atoms with Crippen molar-refractivity contribution in [3.8, 4) is 0 Å². The minimum atomic E-state index is -0.738. The topological polar surface area (TPSA) is 100 Å². The molecule has 0 aliphatic carbocycles. The predicted octanol–water partition coefficient (Wildman–Crippen LogP) is 0.272. The molecule has 0 saturated carbocycles. The number of aliphatic hydroxyl groups excluding tert-OH is 2. The van der Waals surface area contributed by atoms with E-state index in [0.717, 1.165) is 30.6 Å². The fourth-order valence-corrected chi connectivity index (χ4v) is 3.36. The van der Waals surface area contributed by atoms with E-state index < -0.39 is 12.2 Å². The summed E-state index contributed by atoms with van der Waals surface area (Å²) >= 11 is 0. The standard InChI is InChI=1S/C17H24N4O3/c1-10-6-11(2)20-16-15(10)19-9-21(17(16)24)8-12(22)7-13-14(23)4-3-5-18-13/h6,9,12-14,18,22-23H,3-5,7-8H2,1-2H3/t12?,13-,14+/m1/s1. The predicted molar refractivity (Wildman–Crippen MR) is 90.9 cm³/mol. The number of piperidine rings is 1. The summed E-state index contributed by atoms with van der Waals surface area (Å²) in [5, 5.41) is 23.5. The van der Waals surface area contributed by atoms with Gasteiger partial charge in [0.2, 0.25) is 0 Å². The fraction of sp³-hybridized carbons (Fsp3) is 0.588. The van der Waals surface area contributed by atoms with Gasteiger partial charge in [0.25, 0.3) is 5.56 Å². The van der Waals surface area contributed by atoms with E-state index in [1.165, 1.54) is 10.9 Å². The van der Waals surface area contributed by atoms with E-state index in [1.807, 2.05) is 19.9 Å². The van der Waals surface area contributed by atoms with Gasteiger partial charge in [-0.2, -0.15) is 0 Å². The minimum Gasteiger partial charge on any atom is -0.392 e. The number of hydrogen-bond donors (Lipinski definition) is 3. The van der Waals surface area contributed by atoms with Gasteiger partial charge in [-0.05, 0) is 51.3 Å². The summed E-state index contributed by atoms with van der Waals surface area (Å²) in [5.74, 6) is 0. The van der Waals surface area contributed by atoms with Gasteiger partial charge in [-0.1, -0.05) is 0 Å². The highest BCUT2D eigenvalue weighted by molar-refractivity contribution is 5.76. The van der Waals surface area contributed by atoms with Crippen molar-refractivity contribution in [3.63, 3.8) is 0 Å². The number of hydrogen-bond acceptors (Lipinski definition) is 6. The molecule has 3 heterocycles. The van der Waals surface area contributed by atoms with Crippen molar-refractivity contribution in [1.82, 2.24) is 19.9 Å². The summed E-state index contributed by atoms with van der Waals surface area (Å²) in [5.41, 5.74) is 2.37. The zero-order valence-electron chi connectivity index (χ0n) is 14.1. The van der Waals surface area contributed by atoms with E-state index in [-0.39, 0.29) is 18.1 Å². The molecule has 0 aromatic carbocycles. The highest BCUT2D eigenvalue weighted by Crippen LogP contribution is 2.15. The van der Waals surface area contributed by atoms with Crippen LogP contribution >= 0.6 is 0 Å². The summed E-state index contributed by atoms with van der Waals surface area (Å²) in [4.78, 5) is 21.2. The first-order chi connectivity index (χ1) is 11.5. The van der Waals surface area contributed by atoms with Crippen LogP contribution in [0.5, 0.6) is 0 Å². The second-order valence-electron chi connectivity index (χ2n) is 6.64. The molecule has 0 radical (unpaired) electrons. The van der Waals surface area contributed by atoms with Crippen molar-refractivity contribution in [3.05, 3.63) is 34.0 Å². The largest absolute Gasteiger partial charge is 0.392 e. The molecule has 1 fully saturated rings. The van der Waals surface area contributed by atoms with Crippen molar-refractivity contribution in [1.29, 1.82) is 0 Å². The quantitative estimate of drug-likeness (QED) is 0.743. The number of aliphatic hydroxyl groups is 2. The van der Waals surface area contributed by atoms with Crippen LogP contribution in [0, 0.1) is 13.8 Å². The molecule has 1 unspecified atom stereocenters. The molecule has 7 heteroatoms. The van der Waals surface area contributed by atoms with Gasteiger partial charge in [0.1, 0.15) is 0 Å². The van der Waals surface area contributed by atoms with Crippen LogP contribution in [0.15, 0.2) is 17.2 Å². The number of aromatic nitrogens is 3. The Morgan fingerprint density at radius 2 is 2.21 bits per heavy atom. The Labute approximate surface area is 140 Å². The molecule has 130 valence electrons. The minimum absolute atomic E-state index is 0.138. The second-order valence-corrected chi connectivity index (χ2v) is 6.64. The SMILES string of the molecule is Cc1cc(C)c2ncn(CC(O)C[C@H]3NCCC[C@@H]3O)c(=O)c2n1. The highest BCUT2D eigenvalue weighted by Gasteiger charge is 2.25. The third kappa shape index (κ3) is 3.48. The first-order valence-corrected chi connectivity index (χ1v) is 8.38. The maximum Gasteiger partial charge on any atom is 0.279 e. The lowest BCUT2D eigenvalue weighted by molar-refractivity contribution is 0.0539. The summed E-state index contributed by atoms with van der Waals surface area (Å²) in [7, 11) is 0. The monoisotopic (exact) mass is 332 g/mol. The molecule has 1 saturated heterocycles. The molecule has 2 aromatic heterocycles. The van der Waals surface area contributed by atoms with Gasteiger partial charge in [0, 0.05) is 11.7 Å². The van der Waals surface area contributed by atoms with Crippen LogP contribution in [0.4, 0.5) is 0 Å². The lowest BCUT2D eigenvalue weighted by Crippen LogP contribution is -2.47. The van der Waals surface area contributed by atoms with Gasteiger partial charge >= 0.3 is 0 Å². The molecule has 3 N–H and O–H groups in total. The van der Waals surface area contributed by atoms with E-state index in [2.05, 4.69) is 15.3 Å². The molecular weight excluding hydrogens is 308 g/mol. The Bertz CT molecular complexity index is 789. The summed E-state index contributed by atoms with van der Waals surface area (Å²) < 4.78 is 1.40. The van der Waals surface area contributed by atoms with E-state index in [0.29, 0.717) is 17.5 Å². The number of fused-ring (bicyclic) bond motifs is 1. The average molecular weight is 332 g/mol. The molecule has 3 rings (SSSR count). The zero-order chi connectivity index (χ0) is 17.3. The summed E-state index contributed by atoms with van der Waals surface area (Å²) in [6.45, 7) is 4.72. The molecule has 24 heavy (non-hydrogen) atoms. The highest BCUT2D eigenvalue weighted by atomic mass is 16.3. The van der Waals surface area contributed by atoms with Crippen LogP contribution in [0.1, 0.15) is 30.5 Å². The number of pyridine rings is 1. The molecular formula is C17H24N4O3. The van der Waals surface area contributed by atoms with Crippen LogP contribution in [0.2, 0.25) is 0 Å². The lowest BCUT2D eigenvalue weighted by Gasteiger charge is -2.30. The van der Waals surface area contributed by atoms with Crippen LogP contribution in [0.3, 0.4) is 0 Å². The maximum atomic E-state index is 12.6. The van der Waals surface area contributed by atoms with Crippen LogP contribution < -0.4 is 10.9 Å². The second kappa shape index (κ2) is 6.96. The third-order valence-electron chi connectivity index (χ3n) is 4.58. The normalized spacial score (nSPS) is 22.7. The Hall–Kier alpha value is -1.83. The van der Waals surface area contributed by atoms with Crippen molar-refractivity contribution >= 4 is 11.0 Å². The van der Waals surface area contributed by atoms with E-state index in [9.17, 15) is 15.0 Å². The summed E-state index contributed by atoms with van der Waals surface area (Å²) in [6, 6.07) is 1.75. The molecule has 0 spiro atoms. The Morgan fingerprint density at radius 1 is 1.42 bits per heavy atom. The van der Waals surface area contributed by atoms with Gasteiger partial charge in [-0.25, -0.2) is 9.97 Å². The molecule has 7 nitrogen and oxygen atoms in total. The van der Waals surface area contributed by atoms with Gasteiger partial charge in [0.15, 0.2) is 5.52 Å². The van der Waals surface area contributed by atoms with Crippen molar-refractivity contribution < 1.29 is 10.2 Å². The maximum absolute atomic E-state index is 12.6. The lowest BCUT2D eigenvalue weighted by atomic mass is 9.96. The molecule has 0 bridgehead atoms. The first-order valence-electron chi connectivity index (χ1n) is 8.38. The fourth-order valence-electron chi connectivity index (χ4n) is 3.36. The molecule has 2 aromatic rings. The van der Waals surface area contributed by atoms with E-state index in [4.69, 9.17) is 0 Å². The van der Waals surface area contributed by atoms with Gasteiger partial charge < -0.3 is 15.5 Å². The zero-order valence-corrected chi connectivity index (χ0v) is 14.1. The third-order valence-corrected chi connectivity index (χ3v) is 4.58. The smallest absolute Gasteiger partial charge is 0.279 e.